The Morgan fingerprint density at radius 2 is 1.84 bits per heavy atom. The third-order valence-corrected chi connectivity index (χ3v) is 8.19. The molecule has 0 aliphatic carbocycles. The molecule has 31 heavy (non-hydrogen) atoms. The van der Waals surface area contributed by atoms with Crippen molar-refractivity contribution >= 4 is 38.7 Å². The lowest BCUT2D eigenvalue weighted by atomic mass is 10.2. The van der Waals surface area contributed by atoms with Crippen LogP contribution in [0.4, 0.5) is 0 Å². The van der Waals surface area contributed by atoms with Crippen LogP contribution in [0.1, 0.15) is 34.6 Å². The van der Waals surface area contributed by atoms with E-state index in [1.807, 2.05) is 44.1 Å². The van der Waals surface area contributed by atoms with Gasteiger partial charge in [-0.1, -0.05) is 11.8 Å². The van der Waals surface area contributed by atoms with Gasteiger partial charge in [0.1, 0.15) is 0 Å². The number of thioether (sulfide) groups is 1. The monoisotopic (exact) mass is 468 g/mol. The molecule has 0 atom stereocenters. The number of imidazole rings is 1. The Hall–Kier alpha value is -1.62. The molecule has 2 heterocycles. The zero-order valence-corrected chi connectivity index (χ0v) is 20.5. The second kappa shape index (κ2) is 9.89. The molecule has 1 fully saturated rings. The molecule has 1 aromatic heterocycles. The number of carbonyl (C=O) groups is 1. The fraction of sp³-hybridized carbons (Fsp3) is 0.619. The van der Waals surface area contributed by atoms with E-state index in [0.717, 1.165) is 10.7 Å². The molecule has 2 aromatic rings. The van der Waals surface area contributed by atoms with Crippen LogP contribution in [0, 0.1) is 0 Å². The van der Waals surface area contributed by atoms with Gasteiger partial charge >= 0.3 is 0 Å². The Morgan fingerprint density at radius 3 is 2.42 bits per heavy atom. The first-order valence-corrected chi connectivity index (χ1v) is 13.1. The minimum absolute atomic E-state index is 0.0697. The van der Waals surface area contributed by atoms with Crippen molar-refractivity contribution in [3.8, 4) is 0 Å². The number of hydrogen-bond donors (Lipinski definition) is 0. The number of amides is 1. The summed E-state index contributed by atoms with van der Waals surface area (Å²) >= 11 is 1.39. The SMILES string of the molecule is CCn1c(SCC(=O)N(C(C)C)C(C)C)nc2cc(S(=O)(=O)N3CCOCC3)ccc21. The Kier molecular flexibility index (Phi) is 7.67. The number of ether oxygens (including phenoxy) is 1. The summed E-state index contributed by atoms with van der Waals surface area (Å²) in [5, 5.41) is 0.722. The van der Waals surface area contributed by atoms with Crippen LogP contribution in [0.15, 0.2) is 28.3 Å². The highest BCUT2D eigenvalue weighted by molar-refractivity contribution is 7.99. The first-order chi connectivity index (χ1) is 14.7. The number of rotatable bonds is 8. The van der Waals surface area contributed by atoms with E-state index in [0.29, 0.717) is 44.1 Å². The first kappa shape index (κ1) is 24.0. The van der Waals surface area contributed by atoms with E-state index in [-0.39, 0.29) is 22.9 Å². The van der Waals surface area contributed by atoms with Crippen molar-refractivity contribution in [2.75, 3.05) is 32.1 Å². The van der Waals surface area contributed by atoms with Gasteiger partial charge in [0.2, 0.25) is 15.9 Å². The van der Waals surface area contributed by atoms with Gasteiger partial charge in [-0.15, -0.1) is 0 Å². The highest BCUT2D eigenvalue weighted by Crippen LogP contribution is 2.28. The summed E-state index contributed by atoms with van der Waals surface area (Å²) in [6.07, 6.45) is 0. The largest absolute Gasteiger partial charge is 0.379 e. The Bertz CT molecular complexity index is 1020. The summed E-state index contributed by atoms with van der Waals surface area (Å²) < 4.78 is 34.7. The van der Waals surface area contributed by atoms with Crippen molar-refractivity contribution in [2.24, 2.45) is 0 Å². The minimum Gasteiger partial charge on any atom is -0.379 e. The molecule has 8 nitrogen and oxygen atoms in total. The predicted molar refractivity (Wildman–Crippen MR) is 123 cm³/mol. The zero-order valence-electron chi connectivity index (χ0n) is 18.9. The zero-order chi connectivity index (χ0) is 22.8. The molecule has 0 unspecified atom stereocenters. The lowest BCUT2D eigenvalue weighted by Gasteiger charge is -2.30. The molecule has 0 N–H and O–H groups in total. The summed E-state index contributed by atoms with van der Waals surface area (Å²) in [4.78, 5) is 19.5. The summed E-state index contributed by atoms with van der Waals surface area (Å²) in [6.45, 7) is 12.3. The van der Waals surface area contributed by atoms with Crippen LogP contribution < -0.4 is 0 Å². The highest BCUT2D eigenvalue weighted by Gasteiger charge is 2.27. The van der Waals surface area contributed by atoms with Crippen LogP contribution in [0.5, 0.6) is 0 Å². The van der Waals surface area contributed by atoms with Gasteiger partial charge in [0, 0.05) is 31.7 Å². The quantitative estimate of drug-likeness (QED) is 0.554. The van der Waals surface area contributed by atoms with Crippen molar-refractivity contribution in [3.05, 3.63) is 18.2 Å². The van der Waals surface area contributed by atoms with E-state index < -0.39 is 10.0 Å². The topological polar surface area (TPSA) is 84.7 Å². The summed E-state index contributed by atoms with van der Waals surface area (Å²) in [6, 6.07) is 5.34. The molecule has 1 aliphatic heterocycles. The number of aryl methyl sites for hydroxylation is 1. The average Bonchev–Trinajstić information content (AvgIpc) is 3.09. The number of fused-ring (bicyclic) bond motifs is 1. The number of nitrogens with zero attached hydrogens (tertiary/aromatic N) is 4. The summed E-state index contributed by atoms with van der Waals surface area (Å²) in [7, 11) is -3.58. The van der Waals surface area contributed by atoms with E-state index in [1.165, 1.54) is 16.1 Å². The lowest BCUT2D eigenvalue weighted by molar-refractivity contribution is -0.131. The molecular weight excluding hydrogens is 436 g/mol. The number of benzene rings is 1. The van der Waals surface area contributed by atoms with Crippen LogP contribution in [0.2, 0.25) is 0 Å². The maximum atomic E-state index is 13.0. The van der Waals surface area contributed by atoms with Gasteiger partial charge in [-0.25, -0.2) is 13.4 Å². The van der Waals surface area contributed by atoms with Crippen molar-refractivity contribution in [2.45, 2.75) is 63.3 Å². The van der Waals surface area contributed by atoms with Gasteiger partial charge in [-0.05, 0) is 52.8 Å². The van der Waals surface area contributed by atoms with Gasteiger partial charge in [0.05, 0.1) is 34.9 Å². The fourth-order valence-electron chi connectivity index (χ4n) is 3.97. The second-order valence-electron chi connectivity index (χ2n) is 8.08. The molecule has 1 saturated heterocycles. The number of hydrogen-bond acceptors (Lipinski definition) is 6. The predicted octanol–water partition coefficient (Wildman–Crippen LogP) is 2.81. The standard InChI is InChI=1S/C21H32N4O4S2/c1-6-24-19-8-7-17(31(27,28)23-9-11-29-12-10-23)13-18(19)22-21(24)30-14-20(26)25(15(2)3)16(4)5/h7-8,13,15-16H,6,9-12,14H2,1-5H3. The van der Waals surface area contributed by atoms with Crippen molar-refractivity contribution < 1.29 is 17.9 Å². The van der Waals surface area contributed by atoms with Gasteiger partial charge in [-0.3, -0.25) is 4.79 Å². The Labute approximate surface area is 189 Å². The number of carbonyl (C=O) groups excluding carboxylic acids is 1. The second-order valence-corrected chi connectivity index (χ2v) is 11.0. The number of morpholine rings is 1. The van der Waals surface area contributed by atoms with Gasteiger partial charge in [0.25, 0.3) is 0 Å². The Balaban J connectivity index is 1.86. The third kappa shape index (κ3) is 5.08. The van der Waals surface area contributed by atoms with Gasteiger partial charge in [0.15, 0.2) is 5.16 Å². The van der Waals surface area contributed by atoms with E-state index in [9.17, 15) is 13.2 Å². The molecule has 0 spiro atoms. The summed E-state index contributed by atoms with van der Waals surface area (Å²) in [5.74, 6) is 0.360. The van der Waals surface area contributed by atoms with Crippen LogP contribution in [-0.4, -0.2) is 77.2 Å². The molecule has 0 saturated carbocycles. The molecule has 3 rings (SSSR count). The number of aromatic nitrogens is 2. The molecule has 172 valence electrons. The molecular formula is C21H32N4O4S2. The first-order valence-electron chi connectivity index (χ1n) is 10.7. The van der Waals surface area contributed by atoms with E-state index in [2.05, 4.69) is 4.98 Å². The number of sulfonamides is 1. The van der Waals surface area contributed by atoms with Crippen LogP contribution in [-0.2, 0) is 26.1 Å². The molecule has 10 heteroatoms. The van der Waals surface area contributed by atoms with Crippen molar-refractivity contribution in [1.82, 2.24) is 18.8 Å². The molecule has 1 aliphatic rings. The smallest absolute Gasteiger partial charge is 0.243 e. The molecule has 0 radical (unpaired) electrons. The van der Waals surface area contributed by atoms with Crippen LogP contribution >= 0.6 is 11.8 Å². The molecule has 1 aromatic carbocycles. The molecule has 0 bridgehead atoms. The summed E-state index contributed by atoms with van der Waals surface area (Å²) in [5.41, 5.74) is 1.48. The van der Waals surface area contributed by atoms with E-state index in [4.69, 9.17) is 4.74 Å². The maximum Gasteiger partial charge on any atom is 0.243 e. The third-order valence-electron chi connectivity index (χ3n) is 5.33. The van der Waals surface area contributed by atoms with E-state index >= 15 is 0 Å². The lowest BCUT2D eigenvalue weighted by Crippen LogP contribution is -2.43. The van der Waals surface area contributed by atoms with E-state index in [1.54, 1.807) is 18.2 Å². The van der Waals surface area contributed by atoms with Gasteiger partial charge < -0.3 is 14.2 Å². The fourth-order valence-corrected chi connectivity index (χ4v) is 6.35. The minimum atomic E-state index is -3.58. The van der Waals surface area contributed by atoms with Crippen molar-refractivity contribution in [1.29, 1.82) is 0 Å². The van der Waals surface area contributed by atoms with Crippen LogP contribution in [0.3, 0.4) is 0 Å². The normalized spacial score (nSPS) is 15.8. The average molecular weight is 469 g/mol. The highest BCUT2D eigenvalue weighted by atomic mass is 32.2. The molecule has 1 amide bonds. The Morgan fingerprint density at radius 1 is 1.19 bits per heavy atom. The van der Waals surface area contributed by atoms with Crippen LogP contribution in [0.25, 0.3) is 11.0 Å². The van der Waals surface area contributed by atoms with Gasteiger partial charge in [-0.2, -0.15) is 4.31 Å². The maximum absolute atomic E-state index is 13.0. The van der Waals surface area contributed by atoms with Crippen molar-refractivity contribution in [3.63, 3.8) is 0 Å².